The predicted octanol–water partition coefficient (Wildman–Crippen LogP) is 5.41. The molecule has 148 valence electrons. The molecule has 30 heavy (non-hydrogen) atoms. The van der Waals surface area contributed by atoms with Crippen molar-refractivity contribution in [3.8, 4) is 0 Å². The smallest absolute Gasteiger partial charge is 0.335 e. The van der Waals surface area contributed by atoms with Crippen molar-refractivity contribution in [2.75, 3.05) is 0 Å². The molecule has 0 aliphatic heterocycles. The number of rotatable bonds is 6. The van der Waals surface area contributed by atoms with Crippen molar-refractivity contribution in [1.29, 1.82) is 0 Å². The Morgan fingerprint density at radius 2 is 1.50 bits per heavy atom. The van der Waals surface area contributed by atoms with E-state index in [1.165, 1.54) is 0 Å². The van der Waals surface area contributed by atoms with Gasteiger partial charge in [0.25, 0.3) is 0 Å². The minimum atomic E-state index is -1.17. The summed E-state index contributed by atoms with van der Waals surface area (Å²) in [4.78, 5) is 16.3. The lowest BCUT2D eigenvalue weighted by molar-refractivity contribution is 0.0697. The third-order valence-corrected chi connectivity index (χ3v) is 6.06. The maximum absolute atomic E-state index is 12.7. The molecule has 0 bridgehead atoms. The van der Waals surface area contributed by atoms with Crippen LogP contribution in [0.3, 0.4) is 0 Å². The van der Waals surface area contributed by atoms with Crippen LogP contribution < -0.4 is 0 Å². The maximum atomic E-state index is 12.7. The summed E-state index contributed by atoms with van der Waals surface area (Å²) in [6.45, 7) is 0. The summed E-state index contributed by atoms with van der Waals surface area (Å²) in [6, 6.07) is 26.1. The number of para-hydroxylation sites is 1. The van der Waals surface area contributed by atoms with Crippen molar-refractivity contribution in [3.05, 3.63) is 107 Å². The molecule has 0 radical (unpaired) electrons. The summed E-state index contributed by atoms with van der Waals surface area (Å²) in [5.74, 6) is -0.566. The lowest BCUT2D eigenvalue weighted by Gasteiger charge is -2.10. The molecule has 1 atom stereocenters. The second kappa shape index (κ2) is 8.95. The van der Waals surface area contributed by atoms with E-state index in [0.29, 0.717) is 5.75 Å². The monoisotopic (exact) mass is 413 g/mol. The molecule has 0 aliphatic rings. The fraction of sp³-hybridized carbons (Fsp3) is 0.0400. The molecule has 0 spiro atoms. The third-order valence-electron chi connectivity index (χ3n) is 4.70. The van der Waals surface area contributed by atoms with E-state index in [-0.39, 0.29) is 5.56 Å². The Bertz CT molecular complexity index is 1200. The summed E-state index contributed by atoms with van der Waals surface area (Å²) in [6.07, 6.45) is 3.85. The Labute approximate surface area is 177 Å². The molecule has 1 heterocycles. The second-order valence-electron chi connectivity index (χ2n) is 6.81. The average Bonchev–Trinajstić information content (AvgIpc) is 2.78. The first-order valence-corrected chi connectivity index (χ1v) is 10.7. The molecule has 0 saturated carbocycles. The summed E-state index contributed by atoms with van der Waals surface area (Å²) in [5.41, 5.74) is 3.86. The van der Waals surface area contributed by atoms with Gasteiger partial charge in [-0.15, -0.1) is 0 Å². The van der Waals surface area contributed by atoms with E-state index in [2.05, 4.69) is 4.98 Å². The van der Waals surface area contributed by atoms with Crippen LogP contribution in [0.15, 0.2) is 89.8 Å². The van der Waals surface area contributed by atoms with Crippen molar-refractivity contribution < 1.29 is 14.5 Å². The minimum absolute atomic E-state index is 0.264. The zero-order chi connectivity index (χ0) is 20.9. The second-order valence-corrected chi connectivity index (χ2v) is 8.27. The molecule has 0 amide bonds. The number of hydrogen-bond donors (Lipinski definition) is 1. The zero-order valence-electron chi connectivity index (χ0n) is 16.1. The van der Waals surface area contributed by atoms with E-state index in [9.17, 15) is 9.35 Å². The van der Waals surface area contributed by atoms with Gasteiger partial charge in [-0.1, -0.05) is 48.6 Å². The van der Waals surface area contributed by atoms with E-state index in [1.807, 2.05) is 72.8 Å². The summed E-state index contributed by atoms with van der Waals surface area (Å²) in [5, 5.41) is 10.0. The van der Waals surface area contributed by atoms with Crippen LogP contribution in [0.5, 0.6) is 0 Å². The van der Waals surface area contributed by atoms with Gasteiger partial charge in [-0.05, 0) is 70.8 Å². The van der Waals surface area contributed by atoms with Gasteiger partial charge in [0.2, 0.25) is 0 Å². The van der Waals surface area contributed by atoms with Crippen LogP contribution in [0.4, 0.5) is 0 Å². The first-order chi connectivity index (χ1) is 14.6. The third kappa shape index (κ3) is 4.76. The molecule has 0 saturated heterocycles. The summed E-state index contributed by atoms with van der Waals surface area (Å²) >= 11 is -1.17. The lowest BCUT2D eigenvalue weighted by Crippen LogP contribution is -2.06. The highest BCUT2D eigenvalue weighted by molar-refractivity contribution is 7.90. The van der Waals surface area contributed by atoms with Crippen LogP contribution in [-0.4, -0.2) is 20.6 Å². The minimum Gasteiger partial charge on any atom is -0.611 e. The molecule has 4 rings (SSSR count). The fourth-order valence-corrected chi connectivity index (χ4v) is 4.10. The number of benzene rings is 3. The number of aromatic nitrogens is 1. The van der Waals surface area contributed by atoms with Gasteiger partial charge in [-0.2, -0.15) is 0 Å². The number of carboxylic acid groups (broad SMARTS) is 1. The molecule has 4 aromatic rings. The van der Waals surface area contributed by atoms with Gasteiger partial charge in [0.05, 0.1) is 16.8 Å². The number of pyridine rings is 1. The first kappa shape index (κ1) is 19.9. The van der Waals surface area contributed by atoms with Gasteiger partial charge in [0.15, 0.2) is 10.6 Å². The average molecular weight is 413 g/mol. The Balaban J connectivity index is 1.42. The lowest BCUT2D eigenvalue weighted by atomic mass is 10.1. The molecule has 1 N–H and O–H groups in total. The molecule has 4 nitrogen and oxygen atoms in total. The quantitative estimate of drug-likeness (QED) is 0.339. The van der Waals surface area contributed by atoms with Crippen LogP contribution >= 0.6 is 0 Å². The van der Waals surface area contributed by atoms with Gasteiger partial charge in [-0.3, -0.25) is 0 Å². The standard InChI is InChI=1S/C25H19NO3S/c27-25(28)21-11-7-18(8-12-21)5-6-19-9-15-23(16-10-19)30(29)17-22-14-13-20-3-1-2-4-24(20)26-22/h1-16H,17H2,(H,27,28)/b6-5+. The molecular weight excluding hydrogens is 394 g/mol. The highest BCUT2D eigenvalue weighted by Crippen LogP contribution is 2.19. The molecule has 5 heteroatoms. The number of carboxylic acids is 1. The van der Waals surface area contributed by atoms with Gasteiger partial charge in [0.1, 0.15) is 0 Å². The van der Waals surface area contributed by atoms with E-state index >= 15 is 0 Å². The Hall–Kier alpha value is -3.41. The number of nitrogens with zero attached hydrogens (tertiary/aromatic N) is 1. The van der Waals surface area contributed by atoms with E-state index in [1.54, 1.807) is 24.3 Å². The molecular formula is C25H19NO3S. The topological polar surface area (TPSA) is 73.2 Å². The van der Waals surface area contributed by atoms with Crippen molar-refractivity contribution in [2.45, 2.75) is 10.6 Å². The Morgan fingerprint density at radius 3 is 2.17 bits per heavy atom. The van der Waals surface area contributed by atoms with Crippen LogP contribution in [0.25, 0.3) is 23.1 Å². The molecule has 1 unspecified atom stereocenters. The maximum Gasteiger partial charge on any atom is 0.335 e. The zero-order valence-corrected chi connectivity index (χ0v) is 16.9. The number of carbonyl (C=O) groups is 1. The number of aromatic carboxylic acids is 1. The van der Waals surface area contributed by atoms with Crippen LogP contribution in [-0.2, 0) is 16.9 Å². The summed E-state index contributed by atoms with van der Waals surface area (Å²) < 4.78 is 12.7. The van der Waals surface area contributed by atoms with E-state index < -0.39 is 17.1 Å². The van der Waals surface area contributed by atoms with Crippen LogP contribution in [0, 0.1) is 0 Å². The van der Waals surface area contributed by atoms with Crippen molar-refractivity contribution in [3.63, 3.8) is 0 Å². The van der Waals surface area contributed by atoms with Gasteiger partial charge in [-0.25, -0.2) is 9.78 Å². The Kier molecular flexibility index (Phi) is 5.93. The fourth-order valence-electron chi connectivity index (χ4n) is 3.07. The largest absolute Gasteiger partial charge is 0.611 e. The number of hydrogen-bond acceptors (Lipinski definition) is 3. The molecule has 3 aromatic carbocycles. The van der Waals surface area contributed by atoms with Crippen molar-refractivity contribution >= 4 is 40.2 Å². The predicted molar refractivity (Wildman–Crippen MR) is 121 cm³/mol. The van der Waals surface area contributed by atoms with Crippen molar-refractivity contribution in [1.82, 2.24) is 4.98 Å². The highest BCUT2D eigenvalue weighted by atomic mass is 32.2. The first-order valence-electron chi connectivity index (χ1n) is 9.43. The molecule has 1 aromatic heterocycles. The van der Waals surface area contributed by atoms with Gasteiger partial charge >= 0.3 is 5.97 Å². The number of fused-ring (bicyclic) bond motifs is 1. The summed E-state index contributed by atoms with van der Waals surface area (Å²) in [7, 11) is 0. The van der Waals surface area contributed by atoms with Gasteiger partial charge < -0.3 is 9.66 Å². The highest BCUT2D eigenvalue weighted by Gasteiger charge is 2.13. The normalized spacial score (nSPS) is 12.3. The van der Waals surface area contributed by atoms with Crippen molar-refractivity contribution in [2.24, 2.45) is 0 Å². The SMILES string of the molecule is O=C(O)c1ccc(/C=C/c2ccc([S+]([O-])Cc3ccc4ccccc4n3)cc2)cc1. The Morgan fingerprint density at radius 1 is 0.867 bits per heavy atom. The van der Waals surface area contributed by atoms with Gasteiger partial charge in [0, 0.05) is 5.39 Å². The van der Waals surface area contributed by atoms with E-state index in [4.69, 9.17) is 5.11 Å². The van der Waals surface area contributed by atoms with Crippen LogP contribution in [0.1, 0.15) is 27.2 Å². The van der Waals surface area contributed by atoms with E-state index in [0.717, 1.165) is 32.6 Å². The molecule has 0 fully saturated rings. The van der Waals surface area contributed by atoms with Crippen LogP contribution in [0.2, 0.25) is 0 Å². The molecule has 0 aliphatic carbocycles.